The largest absolute Gasteiger partial charge is 0.344 e. The third kappa shape index (κ3) is 3.61. The molecule has 0 aliphatic heterocycles. The van der Waals surface area contributed by atoms with Crippen molar-refractivity contribution < 1.29 is 0 Å². The van der Waals surface area contributed by atoms with E-state index in [1.54, 1.807) is 0 Å². The van der Waals surface area contributed by atoms with Gasteiger partial charge in [0.2, 0.25) is 0 Å². The quantitative estimate of drug-likeness (QED) is 0.185. The van der Waals surface area contributed by atoms with Crippen LogP contribution in [0.15, 0.2) is 170 Å². The second-order valence-electron chi connectivity index (χ2n) is 14.2. The Hall–Kier alpha value is -6.38. The molecule has 8 aromatic carbocycles. The van der Waals surface area contributed by atoms with Gasteiger partial charge in [-0.15, -0.1) is 0 Å². The highest BCUT2D eigenvalue weighted by Gasteiger charge is 2.52. The smallest absolute Gasteiger partial charge is 0.0726 e. The number of benzene rings is 8. The van der Waals surface area contributed by atoms with E-state index < -0.39 is 5.41 Å². The highest BCUT2D eigenvalue weighted by Crippen LogP contribution is 2.65. The maximum Gasteiger partial charge on any atom is 0.0726 e. The van der Waals surface area contributed by atoms with Crippen molar-refractivity contribution >= 4 is 49.6 Å². The van der Waals surface area contributed by atoms with E-state index in [0.29, 0.717) is 0 Å². The summed E-state index contributed by atoms with van der Waals surface area (Å²) in [6, 6.07) is 63.4. The van der Waals surface area contributed by atoms with Gasteiger partial charge < -0.3 is 9.47 Å². The molecule has 2 aliphatic rings. The minimum atomic E-state index is -0.448. The molecule has 2 aliphatic carbocycles. The number of rotatable bonds is 3. The van der Waals surface area contributed by atoms with Crippen LogP contribution in [-0.2, 0) is 12.5 Å². The Balaban J connectivity index is 1.32. The van der Waals surface area contributed by atoms with Crippen LogP contribution in [0.3, 0.4) is 0 Å². The van der Waals surface area contributed by atoms with Gasteiger partial charge in [0.15, 0.2) is 0 Å². The lowest BCUT2D eigenvalue weighted by atomic mass is 9.70. The third-order valence-corrected chi connectivity index (χ3v) is 11.6. The summed E-state index contributed by atoms with van der Waals surface area (Å²) in [5.41, 5.74) is 17.5. The Morgan fingerprint density at radius 3 is 1.84 bits per heavy atom. The van der Waals surface area contributed by atoms with Gasteiger partial charge in [0, 0.05) is 34.4 Å². The van der Waals surface area contributed by atoms with Crippen LogP contribution in [-0.4, -0.2) is 4.57 Å². The van der Waals surface area contributed by atoms with Gasteiger partial charge in [-0.05, 0) is 93.2 Å². The molecule has 9 aromatic rings. The predicted molar refractivity (Wildman–Crippen MR) is 214 cm³/mol. The van der Waals surface area contributed by atoms with Crippen LogP contribution < -0.4 is 4.90 Å². The maximum absolute atomic E-state index is 2.54. The van der Waals surface area contributed by atoms with Crippen molar-refractivity contribution in [3.63, 3.8) is 0 Å². The molecule has 2 heteroatoms. The second-order valence-corrected chi connectivity index (χ2v) is 14.2. The highest BCUT2D eigenvalue weighted by molar-refractivity contribution is 6.18. The van der Waals surface area contributed by atoms with Gasteiger partial charge in [0.05, 0.1) is 22.3 Å². The molecule has 2 nitrogen and oxygen atoms in total. The Morgan fingerprint density at radius 2 is 1.08 bits per heavy atom. The van der Waals surface area contributed by atoms with Crippen molar-refractivity contribution in [2.75, 3.05) is 4.90 Å². The zero-order valence-electron chi connectivity index (χ0n) is 28.6. The number of anilines is 3. The molecule has 240 valence electrons. The van der Waals surface area contributed by atoms with E-state index in [-0.39, 0.29) is 0 Å². The van der Waals surface area contributed by atoms with E-state index in [4.69, 9.17) is 0 Å². The molecule has 0 atom stereocenters. The number of para-hydroxylation sites is 2. The number of fused-ring (bicyclic) bond motifs is 15. The number of aromatic nitrogens is 1. The molecule has 0 saturated heterocycles. The number of hydrogen-bond acceptors (Lipinski definition) is 1. The Bertz CT molecular complexity index is 2850. The van der Waals surface area contributed by atoms with Crippen LogP contribution in [0, 0.1) is 6.92 Å². The summed E-state index contributed by atoms with van der Waals surface area (Å²) in [5, 5.41) is 5.03. The molecule has 1 aromatic heterocycles. The fourth-order valence-corrected chi connectivity index (χ4v) is 9.64. The Labute approximate surface area is 297 Å². The standard InChI is InChI=1S/C49H34N2/c1-31-27-28-37-41(29-31)49(39-22-11-8-17-33(39)34-18-9-12-23-40(34)49)42-30-46(35-19-6-7-20-36(35)47(37)42)51(32-15-4-3-5-16-32)45-26-14-25-44-48(45)38-21-10-13-24-43(38)50(44)2/h3-30H,1-2H3. The maximum atomic E-state index is 2.54. The monoisotopic (exact) mass is 650 g/mol. The summed E-state index contributed by atoms with van der Waals surface area (Å²) in [6.45, 7) is 2.23. The lowest BCUT2D eigenvalue weighted by Gasteiger charge is -2.33. The van der Waals surface area contributed by atoms with Crippen LogP contribution in [0.5, 0.6) is 0 Å². The fourth-order valence-electron chi connectivity index (χ4n) is 9.64. The number of aryl methyl sites for hydroxylation is 2. The van der Waals surface area contributed by atoms with Gasteiger partial charge in [0.25, 0.3) is 0 Å². The van der Waals surface area contributed by atoms with E-state index >= 15 is 0 Å². The Kier molecular flexibility index (Phi) is 5.76. The molecule has 11 rings (SSSR count). The first kappa shape index (κ1) is 28.5. The minimum Gasteiger partial charge on any atom is -0.344 e. The van der Waals surface area contributed by atoms with E-state index in [1.165, 1.54) is 94.0 Å². The average Bonchev–Trinajstić information content (AvgIpc) is 3.77. The van der Waals surface area contributed by atoms with E-state index in [2.05, 4.69) is 193 Å². The van der Waals surface area contributed by atoms with Crippen LogP contribution >= 0.6 is 0 Å². The molecule has 0 radical (unpaired) electrons. The minimum absolute atomic E-state index is 0.448. The molecule has 0 saturated carbocycles. The summed E-state index contributed by atoms with van der Waals surface area (Å²) < 4.78 is 2.33. The molecule has 1 heterocycles. The van der Waals surface area contributed by atoms with Crippen LogP contribution in [0.2, 0.25) is 0 Å². The first-order valence-corrected chi connectivity index (χ1v) is 17.8. The zero-order valence-corrected chi connectivity index (χ0v) is 28.6. The topological polar surface area (TPSA) is 8.17 Å². The van der Waals surface area contributed by atoms with Gasteiger partial charge in [-0.2, -0.15) is 0 Å². The summed E-state index contributed by atoms with van der Waals surface area (Å²) in [4.78, 5) is 2.52. The summed E-state index contributed by atoms with van der Waals surface area (Å²) in [6.07, 6.45) is 0. The second kappa shape index (κ2) is 10.3. The van der Waals surface area contributed by atoms with Gasteiger partial charge >= 0.3 is 0 Å². The van der Waals surface area contributed by atoms with Crippen LogP contribution in [0.4, 0.5) is 17.1 Å². The Morgan fingerprint density at radius 1 is 0.451 bits per heavy atom. The summed E-state index contributed by atoms with van der Waals surface area (Å²) in [5.74, 6) is 0. The molecule has 1 spiro atoms. The van der Waals surface area contributed by atoms with E-state index in [9.17, 15) is 0 Å². The zero-order chi connectivity index (χ0) is 33.8. The SMILES string of the molecule is Cc1ccc2c(c1)C1(c3ccccc3-c3ccccc31)c1cc(N(c3ccccc3)c3cccc4c3c3ccccc3n4C)c3ccccc3c1-2. The molecular formula is C49H34N2. The first-order valence-electron chi connectivity index (χ1n) is 17.8. The summed E-state index contributed by atoms with van der Waals surface area (Å²) >= 11 is 0. The van der Waals surface area contributed by atoms with Crippen molar-refractivity contribution in [2.24, 2.45) is 7.05 Å². The molecule has 0 fully saturated rings. The molecule has 0 unspecified atom stereocenters. The van der Waals surface area contributed by atoms with E-state index in [0.717, 1.165) is 5.69 Å². The van der Waals surface area contributed by atoms with Crippen LogP contribution in [0.1, 0.15) is 27.8 Å². The first-order chi connectivity index (χ1) is 25.2. The average molecular weight is 651 g/mol. The van der Waals surface area contributed by atoms with Gasteiger partial charge in [-0.25, -0.2) is 0 Å². The number of hydrogen-bond donors (Lipinski definition) is 0. The molecule has 51 heavy (non-hydrogen) atoms. The third-order valence-electron chi connectivity index (χ3n) is 11.6. The predicted octanol–water partition coefficient (Wildman–Crippen LogP) is 12.6. The fraction of sp³-hybridized carbons (Fsp3) is 0.0612. The van der Waals surface area contributed by atoms with Crippen molar-refractivity contribution in [2.45, 2.75) is 12.3 Å². The molecule has 0 N–H and O–H groups in total. The number of nitrogens with zero attached hydrogens (tertiary/aromatic N) is 2. The van der Waals surface area contributed by atoms with Crippen molar-refractivity contribution in [1.29, 1.82) is 0 Å². The van der Waals surface area contributed by atoms with Crippen molar-refractivity contribution in [1.82, 2.24) is 4.57 Å². The van der Waals surface area contributed by atoms with Gasteiger partial charge in [0.1, 0.15) is 0 Å². The van der Waals surface area contributed by atoms with Gasteiger partial charge in [-0.1, -0.05) is 139 Å². The highest BCUT2D eigenvalue weighted by atomic mass is 15.1. The normalized spacial score (nSPS) is 13.5. The lowest BCUT2D eigenvalue weighted by molar-refractivity contribution is 0.793. The van der Waals surface area contributed by atoms with Gasteiger partial charge in [-0.3, -0.25) is 0 Å². The van der Waals surface area contributed by atoms with Crippen LogP contribution in [0.25, 0.3) is 54.8 Å². The lowest BCUT2D eigenvalue weighted by Crippen LogP contribution is -2.26. The summed E-state index contributed by atoms with van der Waals surface area (Å²) in [7, 11) is 2.18. The molecule has 0 amide bonds. The van der Waals surface area contributed by atoms with E-state index in [1.807, 2.05) is 0 Å². The van der Waals surface area contributed by atoms with Crippen molar-refractivity contribution in [3.8, 4) is 22.3 Å². The van der Waals surface area contributed by atoms with Crippen molar-refractivity contribution in [3.05, 3.63) is 198 Å². The molecule has 0 bridgehead atoms. The molecular weight excluding hydrogens is 617 g/mol.